The second-order valence-electron chi connectivity index (χ2n) is 8.80. The molecule has 0 aliphatic heterocycles. The number of amides is 2. The molecular weight excluding hydrogens is 525 g/mol. The Kier molecular flexibility index (Phi) is 9.52. The number of anilines is 1. The molecule has 9 nitrogen and oxygen atoms in total. The molecule has 0 saturated heterocycles. The van der Waals surface area contributed by atoms with Gasteiger partial charge in [0.25, 0.3) is 10.0 Å². The lowest BCUT2D eigenvalue weighted by molar-refractivity contribution is -0.139. The van der Waals surface area contributed by atoms with E-state index in [4.69, 9.17) is 9.47 Å². The standard InChI is InChI=1S/C28H32FN3O6S/c1-19-6-13-24(14-7-19)39(35,36)32(23-12-15-25(37-4)26(16-23)38-5)18-27(33)31(20(2)28(34)30-3)17-21-8-10-22(29)11-9-21/h6-16,20H,17-18H2,1-5H3,(H,30,34). The average Bonchev–Trinajstić information content (AvgIpc) is 2.94. The zero-order valence-corrected chi connectivity index (χ0v) is 23.3. The largest absolute Gasteiger partial charge is 0.493 e. The van der Waals surface area contributed by atoms with E-state index in [0.717, 1.165) is 9.87 Å². The minimum Gasteiger partial charge on any atom is -0.493 e. The number of methoxy groups -OCH3 is 2. The fraction of sp³-hybridized carbons (Fsp3) is 0.286. The molecule has 3 rings (SSSR count). The van der Waals surface area contributed by atoms with Crippen molar-refractivity contribution in [3.05, 3.63) is 83.7 Å². The van der Waals surface area contributed by atoms with Crippen LogP contribution in [0, 0.1) is 12.7 Å². The van der Waals surface area contributed by atoms with Gasteiger partial charge in [-0.1, -0.05) is 29.8 Å². The summed E-state index contributed by atoms with van der Waals surface area (Å²) in [5, 5.41) is 2.51. The van der Waals surface area contributed by atoms with Crippen molar-refractivity contribution in [3.63, 3.8) is 0 Å². The van der Waals surface area contributed by atoms with Gasteiger partial charge in [-0.3, -0.25) is 13.9 Å². The molecule has 0 saturated carbocycles. The number of rotatable bonds is 11. The monoisotopic (exact) mass is 557 g/mol. The van der Waals surface area contributed by atoms with Gasteiger partial charge in [0.1, 0.15) is 18.4 Å². The van der Waals surface area contributed by atoms with Crippen molar-refractivity contribution in [3.8, 4) is 11.5 Å². The van der Waals surface area contributed by atoms with E-state index in [1.807, 2.05) is 6.92 Å². The molecule has 0 aliphatic rings. The molecule has 0 aromatic heterocycles. The first-order chi connectivity index (χ1) is 18.5. The summed E-state index contributed by atoms with van der Waals surface area (Å²) in [5.41, 5.74) is 1.60. The van der Waals surface area contributed by atoms with Gasteiger partial charge >= 0.3 is 0 Å². The number of benzene rings is 3. The van der Waals surface area contributed by atoms with Crippen LogP contribution in [0.2, 0.25) is 0 Å². The summed E-state index contributed by atoms with van der Waals surface area (Å²) in [5.74, 6) is -0.870. The van der Waals surface area contributed by atoms with Crippen LogP contribution >= 0.6 is 0 Å². The zero-order valence-electron chi connectivity index (χ0n) is 22.5. The van der Waals surface area contributed by atoms with Gasteiger partial charge in [-0.2, -0.15) is 0 Å². The molecular formula is C28H32FN3O6S. The lowest BCUT2D eigenvalue weighted by Gasteiger charge is -2.32. The Morgan fingerprint density at radius 2 is 1.56 bits per heavy atom. The normalized spacial score (nSPS) is 11.8. The number of carbonyl (C=O) groups excluding carboxylic acids is 2. The Balaban J connectivity index is 2.08. The number of ether oxygens (including phenoxy) is 2. The fourth-order valence-corrected chi connectivity index (χ4v) is 5.33. The van der Waals surface area contributed by atoms with E-state index in [2.05, 4.69) is 5.32 Å². The van der Waals surface area contributed by atoms with E-state index in [9.17, 15) is 22.4 Å². The van der Waals surface area contributed by atoms with Crippen LogP contribution in [0.25, 0.3) is 0 Å². The molecule has 3 aromatic rings. The smallest absolute Gasteiger partial charge is 0.264 e. The third-order valence-corrected chi connectivity index (χ3v) is 8.01. The van der Waals surface area contributed by atoms with E-state index in [1.165, 1.54) is 81.6 Å². The predicted octanol–water partition coefficient (Wildman–Crippen LogP) is 3.51. The highest BCUT2D eigenvalue weighted by Gasteiger charge is 2.32. The summed E-state index contributed by atoms with van der Waals surface area (Å²) in [6.07, 6.45) is 0. The second-order valence-corrected chi connectivity index (χ2v) is 10.7. The molecule has 3 aromatic carbocycles. The van der Waals surface area contributed by atoms with Crippen LogP contribution in [-0.2, 0) is 26.2 Å². The number of nitrogens with one attached hydrogen (secondary N) is 1. The molecule has 1 unspecified atom stereocenters. The summed E-state index contributed by atoms with van der Waals surface area (Å²) in [6, 6.07) is 15.3. The lowest BCUT2D eigenvalue weighted by Crippen LogP contribution is -2.50. The highest BCUT2D eigenvalue weighted by atomic mass is 32.2. The first kappa shape index (κ1) is 29.4. The Hall–Kier alpha value is -4.12. The third-order valence-electron chi connectivity index (χ3n) is 6.22. The summed E-state index contributed by atoms with van der Waals surface area (Å²) in [6.45, 7) is 2.71. The number of carbonyl (C=O) groups is 2. The first-order valence-electron chi connectivity index (χ1n) is 12.1. The van der Waals surface area contributed by atoms with E-state index in [0.29, 0.717) is 11.3 Å². The summed E-state index contributed by atoms with van der Waals surface area (Å²) < 4.78 is 52.8. The van der Waals surface area contributed by atoms with Crippen LogP contribution in [0.1, 0.15) is 18.1 Å². The number of hydrogen-bond donors (Lipinski definition) is 1. The van der Waals surface area contributed by atoms with Crippen LogP contribution in [-0.4, -0.2) is 59.0 Å². The van der Waals surface area contributed by atoms with Crippen molar-refractivity contribution >= 4 is 27.5 Å². The van der Waals surface area contributed by atoms with Gasteiger partial charge < -0.3 is 19.7 Å². The second kappa shape index (κ2) is 12.6. The Morgan fingerprint density at radius 3 is 2.13 bits per heavy atom. The Labute approximate surface area is 228 Å². The lowest BCUT2D eigenvalue weighted by atomic mass is 10.1. The van der Waals surface area contributed by atoms with Gasteiger partial charge in [-0.25, -0.2) is 12.8 Å². The van der Waals surface area contributed by atoms with Gasteiger partial charge in [0.05, 0.1) is 24.8 Å². The Bertz CT molecular complexity index is 1410. The number of sulfonamides is 1. The van der Waals surface area contributed by atoms with Gasteiger partial charge in [0.15, 0.2) is 11.5 Å². The molecule has 2 amide bonds. The molecule has 0 radical (unpaired) electrons. The van der Waals surface area contributed by atoms with E-state index in [1.54, 1.807) is 18.2 Å². The molecule has 11 heteroatoms. The zero-order chi connectivity index (χ0) is 28.7. The molecule has 0 heterocycles. The maximum Gasteiger partial charge on any atom is 0.264 e. The fourth-order valence-electron chi connectivity index (χ4n) is 3.92. The maximum absolute atomic E-state index is 13.9. The minimum atomic E-state index is -4.23. The summed E-state index contributed by atoms with van der Waals surface area (Å²) >= 11 is 0. The molecule has 0 aliphatic carbocycles. The van der Waals surface area contributed by atoms with Crippen LogP contribution in [0.5, 0.6) is 11.5 Å². The van der Waals surface area contributed by atoms with Gasteiger partial charge in [0, 0.05) is 19.7 Å². The number of nitrogens with zero attached hydrogens (tertiary/aromatic N) is 2. The first-order valence-corrected chi connectivity index (χ1v) is 13.5. The van der Waals surface area contributed by atoms with E-state index < -0.39 is 40.2 Å². The molecule has 0 spiro atoms. The van der Waals surface area contributed by atoms with Gasteiger partial charge in [-0.05, 0) is 55.8 Å². The van der Waals surface area contributed by atoms with Crippen LogP contribution in [0.4, 0.5) is 10.1 Å². The van der Waals surface area contributed by atoms with E-state index >= 15 is 0 Å². The molecule has 208 valence electrons. The van der Waals surface area contributed by atoms with E-state index in [-0.39, 0.29) is 22.9 Å². The molecule has 0 fully saturated rings. The Morgan fingerprint density at radius 1 is 0.949 bits per heavy atom. The highest BCUT2D eigenvalue weighted by molar-refractivity contribution is 7.92. The molecule has 0 bridgehead atoms. The molecule has 1 atom stereocenters. The van der Waals surface area contributed by atoms with Crippen molar-refractivity contribution in [2.24, 2.45) is 0 Å². The maximum atomic E-state index is 13.9. The average molecular weight is 558 g/mol. The topological polar surface area (TPSA) is 105 Å². The summed E-state index contributed by atoms with van der Waals surface area (Å²) in [4.78, 5) is 27.6. The van der Waals surface area contributed by atoms with Crippen molar-refractivity contribution in [2.45, 2.75) is 31.3 Å². The van der Waals surface area contributed by atoms with Crippen LogP contribution < -0.4 is 19.1 Å². The van der Waals surface area contributed by atoms with Crippen LogP contribution in [0.15, 0.2) is 71.6 Å². The molecule has 39 heavy (non-hydrogen) atoms. The highest BCUT2D eigenvalue weighted by Crippen LogP contribution is 2.34. The van der Waals surface area contributed by atoms with Gasteiger partial charge in [-0.15, -0.1) is 0 Å². The third kappa shape index (κ3) is 6.85. The van der Waals surface area contributed by atoms with Crippen LogP contribution in [0.3, 0.4) is 0 Å². The van der Waals surface area contributed by atoms with Gasteiger partial charge in [0.2, 0.25) is 11.8 Å². The van der Waals surface area contributed by atoms with Crippen molar-refractivity contribution in [1.82, 2.24) is 10.2 Å². The van der Waals surface area contributed by atoms with Crippen molar-refractivity contribution < 1.29 is 31.9 Å². The number of halogens is 1. The number of aryl methyl sites for hydroxylation is 1. The minimum absolute atomic E-state index is 0.0138. The quantitative estimate of drug-likeness (QED) is 0.387. The number of hydrogen-bond acceptors (Lipinski definition) is 6. The summed E-state index contributed by atoms with van der Waals surface area (Å²) in [7, 11) is 0.0784. The number of likely N-dealkylation sites (N-methyl/N-ethyl adjacent to an activating group) is 1. The molecule has 1 N–H and O–H groups in total. The SMILES string of the molecule is CNC(=O)C(C)N(Cc1ccc(F)cc1)C(=O)CN(c1ccc(OC)c(OC)c1)S(=O)(=O)c1ccc(C)cc1. The van der Waals surface area contributed by atoms with Crippen molar-refractivity contribution in [1.29, 1.82) is 0 Å². The van der Waals surface area contributed by atoms with Crippen molar-refractivity contribution in [2.75, 3.05) is 32.1 Å². The predicted molar refractivity (Wildman–Crippen MR) is 146 cm³/mol.